The Kier molecular flexibility index (Phi) is 10.7. The van der Waals surface area contributed by atoms with Crippen molar-refractivity contribution < 1.29 is 35.5 Å². The standard InChI is InChI=1S/C16H12F7NO.2C2H6/c17-13-5-9(7-24)1-4-14(13)25-8-10-2-3-11(15(18,19)20)6-12(10)16(21,22)23;2*1-2/h1-6H,7-8,24H2;2*1-2H3. The van der Waals surface area contributed by atoms with E-state index in [-0.39, 0.29) is 18.4 Å². The highest BCUT2D eigenvalue weighted by Crippen LogP contribution is 2.37. The van der Waals surface area contributed by atoms with Crippen molar-refractivity contribution in [2.75, 3.05) is 0 Å². The van der Waals surface area contributed by atoms with Crippen LogP contribution >= 0.6 is 0 Å². The van der Waals surface area contributed by atoms with Gasteiger partial charge in [-0.15, -0.1) is 0 Å². The summed E-state index contributed by atoms with van der Waals surface area (Å²) >= 11 is 0. The molecular weight excluding hydrogens is 403 g/mol. The molecule has 0 radical (unpaired) electrons. The summed E-state index contributed by atoms with van der Waals surface area (Å²) in [7, 11) is 0. The van der Waals surface area contributed by atoms with E-state index in [9.17, 15) is 30.7 Å². The molecule has 0 aromatic heterocycles. The first-order valence-electron chi connectivity index (χ1n) is 8.91. The van der Waals surface area contributed by atoms with E-state index in [2.05, 4.69) is 0 Å². The van der Waals surface area contributed by atoms with Gasteiger partial charge >= 0.3 is 12.4 Å². The maximum absolute atomic E-state index is 13.7. The molecule has 0 spiro atoms. The minimum atomic E-state index is -5.01. The first-order chi connectivity index (χ1) is 13.5. The van der Waals surface area contributed by atoms with E-state index in [1.807, 2.05) is 27.7 Å². The van der Waals surface area contributed by atoms with Crippen LogP contribution in [-0.2, 0) is 25.5 Å². The van der Waals surface area contributed by atoms with Crippen LogP contribution in [0.1, 0.15) is 49.9 Å². The molecule has 2 rings (SSSR count). The van der Waals surface area contributed by atoms with Crippen molar-refractivity contribution in [3.8, 4) is 5.75 Å². The molecule has 2 aromatic carbocycles. The number of halogens is 7. The number of alkyl halides is 6. The minimum Gasteiger partial charge on any atom is -0.486 e. The van der Waals surface area contributed by atoms with Crippen LogP contribution in [0.15, 0.2) is 36.4 Å². The van der Waals surface area contributed by atoms with Crippen molar-refractivity contribution in [1.29, 1.82) is 0 Å². The van der Waals surface area contributed by atoms with Crippen molar-refractivity contribution in [2.24, 2.45) is 5.73 Å². The first kappa shape index (κ1) is 26.7. The van der Waals surface area contributed by atoms with Crippen LogP contribution in [0.3, 0.4) is 0 Å². The van der Waals surface area contributed by atoms with Gasteiger partial charge in [-0.2, -0.15) is 26.3 Å². The molecule has 164 valence electrons. The largest absolute Gasteiger partial charge is 0.486 e. The fourth-order valence-electron chi connectivity index (χ4n) is 2.09. The highest BCUT2D eigenvalue weighted by atomic mass is 19.4. The molecule has 0 aliphatic carbocycles. The average molecular weight is 427 g/mol. The number of ether oxygens (including phenoxy) is 1. The van der Waals surface area contributed by atoms with Crippen LogP contribution in [0, 0.1) is 5.82 Å². The number of hydrogen-bond acceptors (Lipinski definition) is 2. The molecule has 2 nitrogen and oxygen atoms in total. The lowest BCUT2D eigenvalue weighted by molar-refractivity contribution is -0.143. The fourth-order valence-corrected chi connectivity index (χ4v) is 2.09. The first-order valence-corrected chi connectivity index (χ1v) is 8.91. The summed E-state index contributed by atoms with van der Waals surface area (Å²) in [5.74, 6) is -1.16. The van der Waals surface area contributed by atoms with Gasteiger partial charge in [-0.1, -0.05) is 39.8 Å². The third kappa shape index (κ3) is 7.92. The van der Waals surface area contributed by atoms with Gasteiger partial charge in [0.1, 0.15) is 6.61 Å². The van der Waals surface area contributed by atoms with Gasteiger partial charge < -0.3 is 10.5 Å². The van der Waals surface area contributed by atoms with Gasteiger partial charge in [0.25, 0.3) is 0 Å². The Bertz CT molecular complexity index is 755. The highest BCUT2D eigenvalue weighted by Gasteiger charge is 2.38. The zero-order valence-electron chi connectivity index (χ0n) is 16.5. The molecule has 0 aliphatic rings. The number of rotatable bonds is 4. The summed E-state index contributed by atoms with van der Waals surface area (Å²) in [6.45, 7) is 7.32. The lowest BCUT2D eigenvalue weighted by Crippen LogP contribution is -2.14. The van der Waals surface area contributed by atoms with Crippen molar-refractivity contribution in [3.63, 3.8) is 0 Å². The van der Waals surface area contributed by atoms with E-state index in [1.165, 1.54) is 12.1 Å². The van der Waals surface area contributed by atoms with E-state index < -0.39 is 41.5 Å². The second-order valence-electron chi connectivity index (χ2n) is 5.13. The van der Waals surface area contributed by atoms with E-state index in [0.717, 1.165) is 6.07 Å². The van der Waals surface area contributed by atoms with Crippen LogP contribution in [0.25, 0.3) is 0 Å². The summed E-state index contributed by atoms with van der Waals surface area (Å²) in [5, 5.41) is 0. The van der Waals surface area contributed by atoms with Gasteiger partial charge in [0, 0.05) is 12.1 Å². The van der Waals surface area contributed by atoms with Crippen molar-refractivity contribution in [2.45, 2.75) is 53.2 Å². The van der Waals surface area contributed by atoms with Crippen molar-refractivity contribution in [1.82, 2.24) is 0 Å². The van der Waals surface area contributed by atoms with Gasteiger partial charge in [0.15, 0.2) is 11.6 Å². The summed E-state index contributed by atoms with van der Waals surface area (Å²) in [6, 6.07) is 4.86. The van der Waals surface area contributed by atoms with Gasteiger partial charge in [-0.05, 0) is 29.8 Å². The Balaban J connectivity index is 0.00000184. The SMILES string of the molecule is CC.CC.NCc1ccc(OCc2ccc(C(F)(F)F)cc2C(F)(F)F)c(F)c1. The van der Waals surface area contributed by atoms with Gasteiger partial charge in [-0.3, -0.25) is 0 Å². The number of nitrogens with two attached hydrogens (primary N) is 1. The van der Waals surface area contributed by atoms with Gasteiger partial charge in [0.2, 0.25) is 0 Å². The van der Waals surface area contributed by atoms with E-state index in [4.69, 9.17) is 10.5 Å². The molecule has 9 heteroatoms. The van der Waals surface area contributed by atoms with Crippen LogP contribution in [0.4, 0.5) is 30.7 Å². The molecule has 0 unspecified atom stereocenters. The molecule has 0 fully saturated rings. The molecule has 0 atom stereocenters. The molecule has 0 bridgehead atoms. The maximum Gasteiger partial charge on any atom is 0.416 e. The Morgan fingerprint density at radius 2 is 1.41 bits per heavy atom. The maximum atomic E-state index is 13.7. The smallest absolute Gasteiger partial charge is 0.416 e. The molecule has 2 N–H and O–H groups in total. The van der Waals surface area contributed by atoms with Crippen molar-refractivity contribution in [3.05, 3.63) is 64.5 Å². The monoisotopic (exact) mass is 427 g/mol. The Labute approximate surface area is 165 Å². The van der Waals surface area contributed by atoms with Crippen LogP contribution in [-0.4, -0.2) is 0 Å². The zero-order chi connectivity index (χ0) is 22.8. The van der Waals surface area contributed by atoms with Crippen LogP contribution in [0.5, 0.6) is 5.75 Å². The quantitative estimate of drug-likeness (QED) is 0.536. The molecule has 29 heavy (non-hydrogen) atoms. The predicted molar refractivity (Wildman–Crippen MR) is 97.8 cm³/mol. The molecule has 0 saturated heterocycles. The topological polar surface area (TPSA) is 35.2 Å². The zero-order valence-corrected chi connectivity index (χ0v) is 16.5. The third-order valence-electron chi connectivity index (χ3n) is 3.36. The number of benzene rings is 2. The predicted octanol–water partition coefficient (Wildman–Crippen LogP) is 6.95. The molecule has 0 saturated carbocycles. The van der Waals surface area contributed by atoms with Crippen LogP contribution in [0.2, 0.25) is 0 Å². The lowest BCUT2D eigenvalue weighted by Gasteiger charge is -2.16. The van der Waals surface area contributed by atoms with Crippen LogP contribution < -0.4 is 10.5 Å². The Hall–Kier alpha value is -2.29. The Morgan fingerprint density at radius 1 is 0.828 bits per heavy atom. The van der Waals surface area contributed by atoms with Gasteiger partial charge in [0.05, 0.1) is 11.1 Å². The summed E-state index contributed by atoms with van der Waals surface area (Å²) in [6.07, 6.45) is -9.93. The minimum absolute atomic E-state index is 0.00652. The summed E-state index contributed by atoms with van der Waals surface area (Å²) < 4.78 is 95.6. The highest BCUT2D eigenvalue weighted by molar-refractivity contribution is 5.36. The molecular formula is C20H24F7NO. The van der Waals surface area contributed by atoms with E-state index in [0.29, 0.717) is 17.7 Å². The lowest BCUT2D eigenvalue weighted by atomic mass is 10.0. The number of hydrogen-bond donors (Lipinski definition) is 1. The van der Waals surface area contributed by atoms with Gasteiger partial charge in [-0.25, -0.2) is 4.39 Å². The van der Waals surface area contributed by atoms with E-state index >= 15 is 0 Å². The average Bonchev–Trinajstić information content (AvgIpc) is 2.68. The summed E-state index contributed by atoms with van der Waals surface area (Å²) in [5.41, 5.74) is 2.33. The van der Waals surface area contributed by atoms with E-state index in [1.54, 1.807) is 0 Å². The summed E-state index contributed by atoms with van der Waals surface area (Å²) in [4.78, 5) is 0. The second-order valence-corrected chi connectivity index (χ2v) is 5.13. The molecule has 0 amide bonds. The fraction of sp³-hybridized carbons (Fsp3) is 0.400. The van der Waals surface area contributed by atoms with Crippen molar-refractivity contribution >= 4 is 0 Å². The third-order valence-corrected chi connectivity index (χ3v) is 3.36. The molecule has 0 aliphatic heterocycles. The Morgan fingerprint density at radius 3 is 1.86 bits per heavy atom. The second kappa shape index (κ2) is 11.6. The molecule has 2 aromatic rings. The normalized spacial score (nSPS) is 11.0. The molecule has 0 heterocycles.